The summed E-state index contributed by atoms with van der Waals surface area (Å²) >= 11 is 7.33. The zero-order valence-electron chi connectivity index (χ0n) is 10.0. The summed E-state index contributed by atoms with van der Waals surface area (Å²) in [6.45, 7) is 3.37. The molecule has 2 rings (SSSR count). The lowest BCUT2D eigenvalue weighted by Crippen LogP contribution is -2.03. The van der Waals surface area contributed by atoms with Gasteiger partial charge in [0.05, 0.1) is 24.5 Å². The van der Waals surface area contributed by atoms with Gasteiger partial charge in [0.1, 0.15) is 5.75 Å². The van der Waals surface area contributed by atoms with E-state index in [1.54, 1.807) is 0 Å². The van der Waals surface area contributed by atoms with E-state index in [0.717, 1.165) is 23.6 Å². The summed E-state index contributed by atoms with van der Waals surface area (Å²) in [7, 11) is 0. The van der Waals surface area contributed by atoms with Crippen LogP contribution < -0.4 is 10.1 Å². The van der Waals surface area contributed by atoms with Gasteiger partial charge in [-0.2, -0.15) is 0 Å². The summed E-state index contributed by atoms with van der Waals surface area (Å²) < 4.78 is 9.48. The van der Waals surface area contributed by atoms with Gasteiger partial charge >= 0.3 is 0 Å². The summed E-state index contributed by atoms with van der Waals surface area (Å²) in [5, 5.41) is 9.82. The van der Waals surface area contributed by atoms with Crippen molar-refractivity contribution in [2.24, 2.45) is 0 Å². The van der Waals surface area contributed by atoms with E-state index in [2.05, 4.69) is 21.8 Å². The van der Waals surface area contributed by atoms with Gasteiger partial charge < -0.3 is 10.1 Å². The lowest BCUT2D eigenvalue weighted by Gasteiger charge is -2.12. The van der Waals surface area contributed by atoms with Gasteiger partial charge in [0.2, 0.25) is 0 Å². The quantitative estimate of drug-likeness (QED) is 0.880. The van der Waals surface area contributed by atoms with E-state index < -0.39 is 0 Å². The molecule has 0 saturated heterocycles. The summed E-state index contributed by atoms with van der Waals surface area (Å²) in [6, 6.07) is 5.55. The van der Waals surface area contributed by atoms with Crippen LogP contribution in [0.15, 0.2) is 23.6 Å². The van der Waals surface area contributed by atoms with Gasteiger partial charge in [0.25, 0.3) is 0 Å². The fraction of sp³-hybridized carbons (Fsp3) is 0.333. The molecule has 0 aliphatic carbocycles. The Balaban J connectivity index is 2.06. The highest BCUT2D eigenvalue weighted by Crippen LogP contribution is 2.28. The third-order valence-electron chi connectivity index (χ3n) is 2.27. The largest absolute Gasteiger partial charge is 0.491 e. The summed E-state index contributed by atoms with van der Waals surface area (Å²) in [4.78, 5) is 0. The summed E-state index contributed by atoms with van der Waals surface area (Å²) in [5.41, 5.74) is 1.78. The highest BCUT2D eigenvalue weighted by atomic mass is 35.5. The van der Waals surface area contributed by atoms with Gasteiger partial charge in [0, 0.05) is 10.4 Å². The minimum atomic E-state index is 0.610. The third kappa shape index (κ3) is 3.58. The number of halogens is 1. The van der Waals surface area contributed by atoms with Crippen molar-refractivity contribution in [1.82, 2.24) is 9.59 Å². The predicted octanol–water partition coefficient (Wildman–Crippen LogP) is 3.59. The summed E-state index contributed by atoms with van der Waals surface area (Å²) in [6.07, 6.45) is 0.970. The Bertz CT molecular complexity index is 490. The average Bonchev–Trinajstić information content (AvgIpc) is 2.88. The van der Waals surface area contributed by atoms with Crippen molar-refractivity contribution in [3.8, 4) is 5.75 Å². The standard InChI is InChI=1S/C12H14ClN3OS/c1-2-5-17-12-4-3-9(13)6-11(12)14-7-10-8-18-16-15-10/h3-4,6,8,14H,2,5,7H2,1H3. The second-order valence-electron chi connectivity index (χ2n) is 3.74. The van der Waals surface area contributed by atoms with Crippen LogP contribution in [0.25, 0.3) is 0 Å². The van der Waals surface area contributed by atoms with Crippen molar-refractivity contribution in [3.05, 3.63) is 34.3 Å². The van der Waals surface area contributed by atoms with Gasteiger partial charge in [-0.1, -0.05) is 23.0 Å². The molecule has 0 aliphatic heterocycles. The van der Waals surface area contributed by atoms with E-state index in [1.165, 1.54) is 11.5 Å². The number of hydrogen-bond acceptors (Lipinski definition) is 5. The Kier molecular flexibility index (Phi) is 4.78. The van der Waals surface area contributed by atoms with Crippen LogP contribution in [0.4, 0.5) is 5.69 Å². The topological polar surface area (TPSA) is 47.0 Å². The molecule has 6 heteroatoms. The van der Waals surface area contributed by atoms with Crippen molar-refractivity contribution in [3.63, 3.8) is 0 Å². The maximum atomic E-state index is 5.99. The van der Waals surface area contributed by atoms with Gasteiger partial charge in [-0.3, -0.25) is 0 Å². The minimum Gasteiger partial charge on any atom is -0.491 e. The van der Waals surface area contributed by atoms with E-state index in [0.29, 0.717) is 18.2 Å². The van der Waals surface area contributed by atoms with Crippen molar-refractivity contribution in [2.45, 2.75) is 19.9 Å². The Labute approximate surface area is 115 Å². The molecule has 0 amide bonds. The van der Waals surface area contributed by atoms with Gasteiger partial charge in [-0.25, -0.2) is 0 Å². The second kappa shape index (κ2) is 6.56. The van der Waals surface area contributed by atoms with Crippen molar-refractivity contribution in [2.75, 3.05) is 11.9 Å². The second-order valence-corrected chi connectivity index (χ2v) is 4.78. The molecule has 0 aliphatic rings. The number of hydrogen-bond donors (Lipinski definition) is 1. The fourth-order valence-electron chi connectivity index (χ4n) is 1.43. The smallest absolute Gasteiger partial charge is 0.142 e. The molecule has 0 saturated carbocycles. The number of nitrogens with one attached hydrogen (secondary N) is 1. The zero-order chi connectivity index (χ0) is 12.8. The molecule has 1 aromatic heterocycles. The molecule has 96 valence electrons. The highest BCUT2D eigenvalue weighted by molar-refractivity contribution is 7.03. The first kappa shape index (κ1) is 13.1. The molecule has 18 heavy (non-hydrogen) atoms. The lowest BCUT2D eigenvalue weighted by atomic mass is 10.3. The first-order valence-corrected chi connectivity index (χ1v) is 6.93. The van der Waals surface area contributed by atoms with Crippen LogP contribution in [0.2, 0.25) is 5.02 Å². The maximum absolute atomic E-state index is 5.99. The van der Waals surface area contributed by atoms with Crippen molar-refractivity contribution in [1.29, 1.82) is 0 Å². The van der Waals surface area contributed by atoms with E-state index >= 15 is 0 Å². The van der Waals surface area contributed by atoms with Gasteiger partial charge in [-0.05, 0) is 36.2 Å². The van der Waals surface area contributed by atoms with Crippen LogP contribution in [0.3, 0.4) is 0 Å². The Morgan fingerprint density at radius 1 is 1.44 bits per heavy atom. The zero-order valence-corrected chi connectivity index (χ0v) is 11.6. The number of benzene rings is 1. The molecule has 0 bridgehead atoms. The van der Waals surface area contributed by atoms with Gasteiger partial charge in [-0.15, -0.1) is 5.10 Å². The molecular weight excluding hydrogens is 270 g/mol. The fourth-order valence-corrected chi connectivity index (χ4v) is 2.05. The Morgan fingerprint density at radius 2 is 2.33 bits per heavy atom. The van der Waals surface area contributed by atoms with Crippen LogP contribution in [0.5, 0.6) is 5.75 Å². The minimum absolute atomic E-state index is 0.610. The van der Waals surface area contributed by atoms with E-state index in [9.17, 15) is 0 Å². The molecule has 0 unspecified atom stereocenters. The van der Waals surface area contributed by atoms with Crippen LogP contribution in [0.1, 0.15) is 19.0 Å². The number of anilines is 1. The maximum Gasteiger partial charge on any atom is 0.142 e. The highest BCUT2D eigenvalue weighted by Gasteiger charge is 2.05. The number of nitrogens with zero attached hydrogens (tertiary/aromatic N) is 2. The van der Waals surface area contributed by atoms with Crippen molar-refractivity contribution < 1.29 is 4.74 Å². The molecular formula is C12H14ClN3OS. The molecule has 0 spiro atoms. The van der Waals surface area contributed by atoms with Crippen LogP contribution in [-0.2, 0) is 6.54 Å². The molecule has 0 radical (unpaired) electrons. The van der Waals surface area contributed by atoms with E-state index in [4.69, 9.17) is 16.3 Å². The predicted molar refractivity (Wildman–Crippen MR) is 74.5 cm³/mol. The average molecular weight is 284 g/mol. The monoisotopic (exact) mass is 283 g/mol. The molecule has 4 nitrogen and oxygen atoms in total. The van der Waals surface area contributed by atoms with E-state index in [-0.39, 0.29) is 0 Å². The Hall–Kier alpha value is -1.33. The van der Waals surface area contributed by atoms with Crippen LogP contribution in [-0.4, -0.2) is 16.2 Å². The first-order chi connectivity index (χ1) is 8.79. The first-order valence-electron chi connectivity index (χ1n) is 5.71. The molecule has 0 fully saturated rings. The number of rotatable bonds is 6. The Morgan fingerprint density at radius 3 is 3.06 bits per heavy atom. The molecule has 2 aromatic rings. The molecule has 1 heterocycles. The molecule has 1 N–H and O–H groups in total. The normalized spacial score (nSPS) is 10.3. The number of aromatic nitrogens is 2. The molecule has 1 aromatic carbocycles. The lowest BCUT2D eigenvalue weighted by molar-refractivity contribution is 0.319. The SMILES string of the molecule is CCCOc1ccc(Cl)cc1NCc1csnn1. The summed E-state index contributed by atoms with van der Waals surface area (Å²) in [5.74, 6) is 0.810. The third-order valence-corrected chi connectivity index (χ3v) is 3.06. The number of ether oxygens (including phenoxy) is 1. The van der Waals surface area contributed by atoms with E-state index in [1.807, 2.05) is 23.6 Å². The van der Waals surface area contributed by atoms with Crippen molar-refractivity contribution >= 4 is 28.8 Å². The van der Waals surface area contributed by atoms with Crippen LogP contribution >= 0.6 is 23.1 Å². The molecule has 0 atom stereocenters. The van der Waals surface area contributed by atoms with Gasteiger partial charge in [0.15, 0.2) is 0 Å². The van der Waals surface area contributed by atoms with Crippen LogP contribution in [0, 0.1) is 0 Å².